The first kappa shape index (κ1) is 27.5. The van der Waals surface area contributed by atoms with Gasteiger partial charge in [0, 0.05) is 83.8 Å². The molecule has 0 aliphatic rings. The van der Waals surface area contributed by atoms with E-state index >= 15 is 0 Å². The van der Waals surface area contributed by atoms with Crippen molar-refractivity contribution >= 4 is 27.9 Å². The first-order valence-electron chi connectivity index (χ1n) is 13.6. The smallest absolute Gasteiger partial charge is 0.133 e. The number of pyridine rings is 3. The van der Waals surface area contributed by atoms with Gasteiger partial charge in [-0.25, -0.2) is 4.98 Å². The average molecular weight is 539 g/mol. The van der Waals surface area contributed by atoms with E-state index < -0.39 is 0 Å². The van der Waals surface area contributed by atoms with Crippen LogP contribution in [0.5, 0.6) is 0 Å². The summed E-state index contributed by atoms with van der Waals surface area (Å²) in [4.78, 5) is 17.2. The number of hydrogen-bond donors (Lipinski definition) is 3. The Balaban J connectivity index is 1.43. The Hall–Kier alpha value is -5.07. The van der Waals surface area contributed by atoms with Gasteiger partial charge in [0.25, 0.3) is 0 Å². The number of nitrogens with one attached hydrogen (secondary N) is 3. The molecule has 6 heteroatoms. The minimum absolute atomic E-state index is 0.708. The maximum Gasteiger partial charge on any atom is 0.133 e. The predicted molar refractivity (Wildman–Crippen MR) is 171 cm³/mol. The molecule has 6 nitrogen and oxygen atoms in total. The van der Waals surface area contributed by atoms with Crippen molar-refractivity contribution in [3.05, 3.63) is 145 Å². The van der Waals surface area contributed by atoms with E-state index in [0.29, 0.717) is 6.54 Å². The van der Waals surface area contributed by atoms with Crippen LogP contribution in [-0.4, -0.2) is 33.5 Å². The van der Waals surface area contributed by atoms with Crippen LogP contribution < -0.4 is 10.6 Å². The third-order valence-corrected chi connectivity index (χ3v) is 7.01. The first-order chi connectivity index (χ1) is 20.1. The van der Waals surface area contributed by atoms with Gasteiger partial charge in [0.15, 0.2) is 0 Å². The van der Waals surface area contributed by atoms with E-state index in [-0.39, 0.29) is 0 Å². The molecule has 0 bridgehead atoms. The summed E-state index contributed by atoms with van der Waals surface area (Å²) in [5.74, 6) is 0.760. The zero-order chi connectivity index (χ0) is 28.6. The average Bonchev–Trinajstić information content (AvgIpc) is 3.48. The summed E-state index contributed by atoms with van der Waals surface area (Å²) in [5, 5.41) is 7.76. The molecule has 0 atom stereocenters. The highest BCUT2D eigenvalue weighted by Gasteiger charge is 2.16. The fraction of sp³-hybridized carbons (Fsp3) is 0.114. The van der Waals surface area contributed by atoms with E-state index in [1.807, 2.05) is 62.9 Å². The van der Waals surface area contributed by atoms with Crippen LogP contribution in [0.4, 0.5) is 5.82 Å². The maximum atomic E-state index is 4.75. The van der Waals surface area contributed by atoms with Crippen LogP contribution in [0.15, 0.2) is 122 Å². The Morgan fingerprint density at radius 3 is 2.59 bits per heavy atom. The molecule has 5 aromatic rings. The molecule has 3 N–H and O–H groups in total. The lowest BCUT2D eigenvalue weighted by Crippen LogP contribution is -2.16. The lowest BCUT2D eigenvalue weighted by Gasteiger charge is -2.13. The highest BCUT2D eigenvalue weighted by Crippen LogP contribution is 2.33. The zero-order valence-corrected chi connectivity index (χ0v) is 23.5. The van der Waals surface area contributed by atoms with Crippen molar-refractivity contribution in [2.75, 3.05) is 18.9 Å². The molecule has 0 aliphatic carbocycles. The van der Waals surface area contributed by atoms with Crippen LogP contribution in [0.25, 0.3) is 33.3 Å². The van der Waals surface area contributed by atoms with Gasteiger partial charge in [-0.3, -0.25) is 9.97 Å². The molecule has 0 saturated carbocycles. The van der Waals surface area contributed by atoms with Gasteiger partial charge in [0.05, 0.1) is 5.69 Å². The van der Waals surface area contributed by atoms with Gasteiger partial charge in [-0.15, -0.1) is 0 Å². The Morgan fingerprint density at radius 2 is 1.85 bits per heavy atom. The van der Waals surface area contributed by atoms with Crippen LogP contribution in [0.3, 0.4) is 0 Å². The predicted octanol–water partition coefficient (Wildman–Crippen LogP) is 7.43. The Morgan fingerprint density at radius 1 is 1.00 bits per heavy atom. The summed E-state index contributed by atoms with van der Waals surface area (Å²) < 4.78 is 0. The molecule has 4 heterocycles. The lowest BCUT2D eigenvalue weighted by atomic mass is 9.98. The molecule has 204 valence electrons. The van der Waals surface area contributed by atoms with E-state index in [1.54, 1.807) is 6.20 Å². The number of allylic oxidation sites excluding steroid dienone is 3. The third-order valence-electron chi connectivity index (χ3n) is 7.01. The van der Waals surface area contributed by atoms with Gasteiger partial charge in [-0.05, 0) is 54.0 Å². The van der Waals surface area contributed by atoms with Crippen molar-refractivity contribution in [1.29, 1.82) is 0 Å². The van der Waals surface area contributed by atoms with Gasteiger partial charge in [-0.2, -0.15) is 0 Å². The molecule has 4 aromatic heterocycles. The fourth-order valence-electron chi connectivity index (χ4n) is 4.81. The molecular weight excluding hydrogens is 504 g/mol. The second kappa shape index (κ2) is 12.9. The Kier molecular flexibility index (Phi) is 8.62. The normalized spacial score (nSPS) is 12.0. The summed E-state index contributed by atoms with van der Waals surface area (Å²) in [6.07, 6.45) is 13.4. The van der Waals surface area contributed by atoms with Crippen molar-refractivity contribution in [2.24, 2.45) is 0 Å². The number of rotatable bonds is 11. The molecule has 1 aromatic carbocycles. The maximum absolute atomic E-state index is 4.75. The van der Waals surface area contributed by atoms with Gasteiger partial charge < -0.3 is 15.6 Å². The molecular formula is C35H34N6. The third kappa shape index (κ3) is 6.24. The summed E-state index contributed by atoms with van der Waals surface area (Å²) in [6, 6.07) is 20.5. The van der Waals surface area contributed by atoms with Crippen molar-refractivity contribution in [3.8, 4) is 11.3 Å². The van der Waals surface area contributed by atoms with E-state index in [9.17, 15) is 0 Å². The summed E-state index contributed by atoms with van der Waals surface area (Å²) in [6.45, 7) is 12.0. The molecule has 0 unspecified atom stereocenters. The highest BCUT2D eigenvalue weighted by atomic mass is 15.0. The van der Waals surface area contributed by atoms with Gasteiger partial charge >= 0.3 is 0 Å². The Bertz CT molecular complexity index is 1730. The molecule has 0 amide bonds. The minimum Gasteiger partial charge on any atom is -0.373 e. The number of aromatic amines is 1. The van der Waals surface area contributed by atoms with Crippen LogP contribution in [0, 0.1) is 0 Å². The van der Waals surface area contributed by atoms with Crippen LogP contribution in [-0.2, 0) is 6.54 Å². The van der Waals surface area contributed by atoms with Crippen LogP contribution >= 0.6 is 0 Å². The van der Waals surface area contributed by atoms with Crippen LogP contribution in [0.2, 0.25) is 0 Å². The number of nitrogens with zero attached hydrogens (tertiary/aromatic N) is 3. The van der Waals surface area contributed by atoms with E-state index in [1.165, 1.54) is 5.56 Å². The van der Waals surface area contributed by atoms with E-state index in [0.717, 1.165) is 68.1 Å². The van der Waals surface area contributed by atoms with Crippen LogP contribution in [0.1, 0.15) is 29.3 Å². The number of H-pyrrole nitrogens is 1. The SMILES string of the molecule is C=C/C(=C\C(=C/C)c1cnc(NC)c(C(=C)c2cc3c(-c4cccnc4)nccc3[nH]2)c1)CNCc1ccccc1. The van der Waals surface area contributed by atoms with Gasteiger partial charge in [0.2, 0.25) is 0 Å². The van der Waals surface area contributed by atoms with Crippen molar-refractivity contribution in [1.82, 2.24) is 25.3 Å². The number of hydrogen-bond acceptors (Lipinski definition) is 5. The fourth-order valence-corrected chi connectivity index (χ4v) is 4.81. The second-order valence-corrected chi connectivity index (χ2v) is 9.65. The molecule has 0 saturated heterocycles. The molecule has 0 aliphatic heterocycles. The van der Waals surface area contributed by atoms with E-state index in [4.69, 9.17) is 4.98 Å². The number of anilines is 1. The monoisotopic (exact) mass is 538 g/mol. The number of aromatic nitrogens is 4. The van der Waals surface area contributed by atoms with Gasteiger partial charge in [-0.1, -0.05) is 61.7 Å². The first-order valence-corrected chi connectivity index (χ1v) is 13.6. The largest absolute Gasteiger partial charge is 0.373 e. The highest BCUT2D eigenvalue weighted by molar-refractivity contribution is 5.97. The topological polar surface area (TPSA) is 78.5 Å². The molecule has 41 heavy (non-hydrogen) atoms. The quantitative estimate of drug-likeness (QED) is 0.152. The minimum atomic E-state index is 0.708. The number of benzene rings is 1. The summed E-state index contributed by atoms with van der Waals surface area (Å²) >= 11 is 0. The van der Waals surface area contributed by atoms with Crippen molar-refractivity contribution in [2.45, 2.75) is 13.5 Å². The second-order valence-electron chi connectivity index (χ2n) is 9.65. The Labute approximate surface area is 241 Å². The van der Waals surface area contributed by atoms with Crippen molar-refractivity contribution < 1.29 is 0 Å². The van der Waals surface area contributed by atoms with Gasteiger partial charge in [0.1, 0.15) is 5.82 Å². The molecule has 0 fully saturated rings. The lowest BCUT2D eigenvalue weighted by molar-refractivity contribution is 0.747. The number of fused-ring (bicyclic) bond motifs is 1. The van der Waals surface area contributed by atoms with E-state index in [2.05, 4.69) is 87.3 Å². The van der Waals surface area contributed by atoms with Crippen molar-refractivity contribution in [3.63, 3.8) is 0 Å². The summed E-state index contributed by atoms with van der Waals surface area (Å²) in [5.41, 5.74) is 9.90. The standard InChI is InChI=1S/C35H34N6/c1-5-25(20-38-21-26-11-8-7-9-12-26)17-27(6-2)29-18-30(35(36-4)40-23-29)24(3)33-19-31-32(41-33)14-16-39-34(31)28-13-10-15-37-22-28/h5-19,22-23,38,41H,1,3,20-21H2,2,4H3,(H,36,40)/b25-17+,27-6+. The molecule has 0 radical (unpaired) electrons. The molecule has 5 rings (SSSR count). The summed E-state index contributed by atoms with van der Waals surface area (Å²) in [7, 11) is 1.87. The zero-order valence-electron chi connectivity index (χ0n) is 23.5. The molecule has 0 spiro atoms.